The molecule has 0 heterocycles. The molecule has 0 unspecified atom stereocenters. The summed E-state index contributed by atoms with van der Waals surface area (Å²) in [7, 11) is -2.05. The predicted molar refractivity (Wildman–Crippen MR) is 352 cm³/mol. The second-order valence-corrected chi connectivity index (χ2v) is 31.5. The van der Waals surface area contributed by atoms with E-state index in [4.69, 9.17) is 17.4 Å². The second-order valence-electron chi connectivity index (χ2n) is 25.2. The molecular weight excluding hydrogens is 1030 g/mol. The van der Waals surface area contributed by atoms with Gasteiger partial charge in [-0.1, -0.05) is 388 Å². The predicted octanol–water partition coefficient (Wildman–Crippen LogP) is 26.9. The van der Waals surface area contributed by atoms with Gasteiger partial charge in [-0.05, 0) is 55.1 Å². The zero-order chi connectivity index (χ0) is 53.7. The Morgan fingerprint density at radius 3 is 0.507 bits per heavy atom. The molecule has 0 aromatic heterocycles. The van der Waals surface area contributed by atoms with Gasteiger partial charge in [-0.2, -0.15) is 0 Å². The fourth-order valence-corrected chi connectivity index (χ4v) is 19.9. The number of unbranched alkanes of at least 4 members (excludes halogenated alkanes) is 55. The Balaban J connectivity index is 0. The molecule has 0 aliphatic carbocycles. The SMILES string of the molecule is CCCCCCCCCCCCCCOC(S)=S(CCCCCCCCCCCCCC)(CCCCCCCCCCCCCC)(CCCCCCCCCCCCCC)CCCCCCCCCCCCCC.[Mo]. The van der Waals surface area contributed by atoms with Crippen LogP contribution < -0.4 is 0 Å². The fraction of sp³-hybridized carbons (Fsp3) is 0.986. The minimum absolute atomic E-state index is 0. The Bertz CT molecular complexity index is 986. The zero-order valence-corrected chi connectivity index (χ0v) is 56.9. The van der Waals surface area contributed by atoms with E-state index in [9.17, 15) is 0 Å². The van der Waals surface area contributed by atoms with Crippen LogP contribution in [-0.4, -0.2) is 34.0 Å². The van der Waals surface area contributed by atoms with E-state index in [2.05, 4.69) is 34.6 Å². The Hall–Kier alpha value is 1.22. The quantitative estimate of drug-likeness (QED) is 0.0276. The molecule has 0 spiro atoms. The summed E-state index contributed by atoms with van der Waals surface area (Å²) >= 11 is 5.80. The smallest absolute Gasteiger partial charge is 0.116 e. The average Bonchev–Trinajstić information content (AvgIpc) is 3.41. The van der Waals surface area contributed by atoms with Crippen molar-refractivity contribution in [2.45, 2.75) is 420 Å². The van der Waals surface area contributed by atoms with Crippen LogP contribution >= 0.6 is 21.4 Å². The summed E-state index contributed by atoms with van der Waals surface area (Å²) in [6.45, 7) is 12.6. The average molecular weight is 1180 g/mol. The van der Waals surface area contributed by atoms with Gasteiger partial charge in [0.15, 0.2) is 0 Å². The summed E-state index contributed by atoms with van der Waals surface area (Å²) in [6.07, 6.45) is 86.0. The van der Waals surface area contributed by atoms with E-state index >= 15 is 0 Å². The summed E-state index contributed by atoms with van der Waals surface area (Å²) in [5.74, 6) is 5.72. The van der Waals surface area contributed by atoms with Crippen LogP contribution in [0.4, 0.5) is 0 Å². The summed E-state index contributed by atoms with van der Waals surface area (Å²) in [6, 6.07) is 0. The van der Waals surface area contributed by atoms with E-state index in [-0.39, 0.29) is 21.1 Å². The zero-order valence-electron chi connectivity index (χ0n) is 53.1. The molecule has 0 radical (unpaired) electrons. The standard InChI is InChI=1S/C71H146OS2.Mo/c1-6-11-16-21-26-31-36-41-46-51-56-61-66-72-71(73)74(67-62-57-52-47-42-37-32-27-22-17-12-7-2,68-63-58-53-48-43-38-33-28-23-18-13-8-3,69-64-59-54-49-44-39-34-29-24-19-14-9-4)70-65-60-55-50-45-40-35-30-25-20-15-10-5;/h73H,6-70H2,1-5H3;. The van der Waals surface area contributed by atoms with E-state index in [1.807, 2.05) is 0 Å². The van der Waals surface area contributed by atoms with Gasteiger partial charge in [-0.3, -0.25) is 0 Å². The van der Waals surface area contributed by atoms with Crippen molar-refractivity contribution >= 4 is 25.8 Å². The molecule has 0 aliphatic heterocycles. The van der Waals surface area contributed by atoms with Gasteiger partial charge in [0.05, 0.1) is 6.61 Å². The molecule has 0 bridgehead atoms. The molecule has 0 rings (SSSR count). The summed E-state index contributed by atoms with van der Waals surface area (Å²) in [5, 5.41) is 0. The largest absolute Gasteiger partial charge is 0.336 e. The van der Waals surface area contributed by atoms with Crippen molar-refractivity contribution in [1.29, 1.82) is 0 Å². The van der Waals surface area contributed by atoms with Crippen molar-refractivity contribution in [2.24, 2.45) is 0 Å². The van der Waals surface area contributed by atoms with E-state index in [1.54, 1.807) is 0 Å². The molecule has 4 heteroatoms. The molecule has 0 N–H and O–H groups in total. The van der Waals surface area contributed by atoms with E-state index in [0.717, 1.165) is 6.61 Å². The van der Waals surface area contributed by atoms with E-state index < -0.39 is 8.75 Å². The summed E-state index contributed by atoms with van der Waals surface area (Å²) < 4.78 is 8.58. The van der Waals surface area contributed by atoms with Gasteiger partial charge in [0.25, 0.3) is 0 Å². The van der Waals surface area contributed by atoms with Crippen molar-refractivity contribution in [2.75, 3.05) is 29.6 Å². The van der Waals surface area contributed by atoms with Crippen molar-refractivity contribution in [3.8, 4) is 0 Å². The first-order valence-electron chi connectivity index (χ1n) is 35.6. The maximum atomic E-state index is 7.26. The van der Waals surface area contributed by atoms with Crippen LogP contribution in [0, 0.1) is 0 Å². The summed E-state index contributed by atoms with van der Waals surface area (Å²) in [4.78, 5) is 0. The first kappa shape index (κ1) is 78.3. The molecular formula is C71H146MoOS2. The Morgan fingerprint density at radius 2 is 0.347 bits per heavy atom. The van der Waals surface area contributed by atoms with Crippen LogP contribution in [-0.2, 0) is 25.8 Å². The fourth-order valence-electron chi connectivity index (χ4n) is 12.5. The maximum Gasteiger partial charge on any atom is 0.116 e. The van der Waals surface area contributed by atoms with Gasteiger partial charge in [0, 0.05) is 21.1 Å². The molecule has 0 saturated carbocycles. The summed E-state index contributed by atoms with van der Waals surface area (Å²) in [5.41, 5.74) is 0. The molecule has 0 saturated heterocycles. The topological polar surface area (TPSA) is 9.23 Å². The van der Waals surface area contributed by atoms with Crippen molar-refractivity contribution in [3.63, 3.8) is 0 Å². The number of hydrogen-bond acceptors (Lipinski definition) is 1. The molecule has 1 nitrogen and oxygen atoms in total. The minimum Gasteiger partial charge on any atom is -0.336 e. The number of hydrogen-bond donors (Lipinski definition) is 1. The van der Waals surface area contributed by atoms with Crippen LogP contribution in [0.15, 0.2) is 0 Å². The third-order valence-corrected chi connectivity index (χ3v) is 26.1. The number of rotatable bonds is 65. The van der Waals surface area contributed by atoms with Crippen LogP contribution in [0.1, 0.15) is 420 Å². The normalized spacial score (nSPS) is 12.4. The van der Waals surface area contributed by atoms with Gasteiger partial charge in [0.1, 0.15) is 4.38 Å². The van der Waals surface area contributed by atoms with Crippen LogP contribution in [0.5, 0.6) is 0 Å². The molecule has 0 aliphatic rings. The van der Waals surface area contributed by atoms with Gasteiger partial charge in [-0.15, -0.1) is 12.6 Å². The van der Waals surface area contributed by atoms with Crippen LogP contribution in [0.2, 0.25) is 0 Å². The van der Waals surface area contributed by atoms with Gasteiger partial charge in [0.2, 0.25) is 0 Å². The van der Waals surface area contributed by atoms with E-state index in [0.29, 0.717) is 0 Å². The minimum atomic E-state index is -2.05. The number of ether oxygens (including phenoxy) is 1. The molecule has 0 amide bonds. The monoisotopic (exact) mass is 1180 g/mol. The Kier molecular flexibility index (Phi) is 67.2. The molecule has 0 aromatic carbocycles. The molecule has 0 aromatic rings. The second kappa shape index (κ2) is 64.4. The Morgan fingerprint density at radius 1 is 0.213 bits per heavy atom. The first-order chi connectivity index (χ1) is 36.5. The Labute approximate surface area is 497 Å². The molecule has 0 atom stereocenters. The van der Waals surface area contributed by atoms with Crippen molar-refractivity contribution in [1.82, 2.24) is 0 Å². The van der Waals surface area contributed by atoms with Crippen LogP contribution in [0.25, 0.3) is 0 Å². The van der Waals surface area contributed by atoms with Crippen molar-refractivity contribution < 1.29 is 25.8 Å². The van der Waals surface area contributed by atoms with Gasteiger partial charge >= 0.3 is 0 Å². The molecule has 0 fully saturated rings. The van der Waals surface area contributed by atoms with Crippen molar-refractivity contribution in [3.05, 3.63) is 0 Å². The van der Waals surface area contributed by atoms with E-state index in [1.165, 1.54) is 413 Å². The molecule has 75 heavy (non-hydrogen) atoms. The number of thiol groups is 1. The van der Waals surface area contributed by atoms with Gasteiger partial charge in [-0.25, -0.2) is 8.75 Å². The van der Waals surface area contributed by atoms with Gasteiger partial charge < -0.3 is 4.74 Å². The third-order valence-electron chi connectivity index (χ3n) is 17.8. The third kappa shape index (κ3) is 51.8. The van der Waals surface area contributed by atoms with Crippen LogP contribution in [0.3, 0.4) is 0 Å². The molecule has 454 valence electrons. The first-order valence-corrected chi connectivity index (χ1v) is 38.8. The maximum absolute atomic E-state index is 7.26.